The lowest BCUT2D eigenvalue weighted by atomic mass is 10.2. The summed E-state index contributed by atoms with van der Waals surface area (Å²) in [5, 5.41) is 6.52. The van der Waals surface area contributed by atoms with Crippen LogP contribution in [0.5, 0.6) is 5.75 Å². The molecule has 1 aliphatic heterocycles. The van der Waals surface area contributed by atoms with Gasteiger partial charge in [-0.1, -0.05) is 17.7 Å². The van der Waals surface area contributed by atoms with Crippen LogP contribution >= 0.6 is 27.5 Å². The highest BCUT2D eigenvalue weighted by Crippen LogP contribution is 2.38. The number of amides is 1. The number of nitrogen functional groups attached to an aromatic ring is 1. The molecular formula is C14H11BrClN3O2. The summed E-state index contributed by atoms with van der Waals surface area (Å²) in [4.78, 5) is 11.4. The van der Waals surface area contributed by atoms with Crippen molar-refractivity contribution in [2.24, 2.45) is 0 Å². The molecule has 0 saturated carbocycles. The molecule has 3 rings (SSSR count). The predicted molar refractivity (Wildman–Crippen MR) is 87.4 cm³/mol. The van der Waals surface area contributed by atoms with Gasteiger partial charge in [-0.25, -0.2) is 0 Å². The second-order valence-corrected chi connectivity index (χ2v) is 5.70. The highest BCUT2D eigenvalue weighted by Gasteiger charge is 2.18. The average molecular weight is 369 g/mol. The van der Waals surface area contributed by atoms with Crippen LogP contribution in [-0.4, -0.2) is 12.5 Å². The second-order valence-electron chi connectivity index (χ2n) is 4.50. The first kappa shape index (κ1) is 14.0. The van der Waals surface area contributed by atoms with E-state index in [0.717, 1.165) is 10.2 Å². The molecule has 0 spiro atoms. The summed E-state index contributed by atoms with van der Waals surface area (Å²) >= 11 is 9.48. The van der Waals surface area contributed by atoms with E-state index in [4.69, 9.17) is 22.1 Å². The van der Waals surface area contributed by atoms with Crippen molar-refractivity contribution in [3.63, 3.8) is 0 Å². The first-order valence-corrected chi connectivity index (χ1v) is 7.29. The molecule has 1 aliphatic rings. The molecule has 2 aromatic rings. The molecule has 0 radical (unpaired) electrons. The Balaban J connectivity index is 1.97. The standard InChI is InChI=1S/C14H11BrClN3O2/c15-14-7(16)2-1-3-9(14)18-10-5-11-12(4-8(10)17)21-6-13(20)19-11/h1-5,18H,6,17H2,(H,19,20). The van der Waals surface area contributed by atoms with Gasteiger partial charge < -0.3 is 21.1 Å². The minimum atomic E-state index is -0.192. The third-order valence-corrected chi connectivity index (χ3v) is 4.40. The van der Waals surface area contributed by atoms with Gasteiger partial charge in [0.2, 0.25) is 0 Å². The Bertz CT molecular complexity index is 736. The first-order chi connectivity index (χ1) is 10.0. The van der Waals surface area contributed by atoms with Crippen LogP contribution in [0.4, 0.5) is 22.7 Å². The molecule has 0 aromatic heterocycles. The second kappa shape index (κ2) is 5.46. The Morgan fingerprint density at radius 1 is 1.33 bits per heavy atom. The van der Waals surface area contributed by atoms with E-state index < -0.39 is 0 Å². The molecule has 4 N–H and O–H groups in total. The zero-order chi connectivity index (χ0) is 15.0. The topological polar surface area (TPSA) is 76.4 Å². The number of nitrogens with two attached hydrogens (primary N) is 1. The predicted octanol–water partition coefficient (Wildman–Crippen LogP) is 3.76. The molecule has 2 aromatic carbocycles. The lowest BCUT2D eigenvalue weighted by Crippen LogP contribution is -2.25. The van der Waals surface area contributed by atoms with E-state index in [1.54, 1.807) is 18.2 Å². The van der Waals surface area contributed by atoms with Crippen molar-refractivity contribution in [1.29, 1.82) is 0 Å². The van der Waals surface area contributed by atoms with E-state index in [9.17, 15) is 4.79 Å². The molecule has 0 fully saturated rings. The van der Waals surface area contributed by atoms with Crippen LogP contribution in [0, 0.1) is 0 Å². The monoisotopic (exact) mass is 367 g/mol. The van der Waals surface area contributed by atoms with E-state index in [1.165, 1.54) is 0 Å². The van der Waals surface area contributed by atoms with Crippen molar-refractivity contribution in [2.45, 2.75) is 0 Å². The van der Waals surface area contributed by atoms with Crippen LogP contribution in [0.2, 0.25) is 5.02 Å². The molecule has 0 aliphatic carbocycles. The maximum Gasteiger partial charge on any atom is 0.262 e. The van der Waals surface area contributed by atoms with Crippen LogP contribution in [0.3, 0.4) is 0 Å². The Hall–Kier alpha value is -1.92. The first-order valence-electron chi connectivity index (χ1n) is 6.12. The molecule has 7 heteroatoms. The zero-order valence-corrected chi connectivity index (χ0v) is 13.1. The van der Waals surface area contributed by atoms with Crippen LogP contribution < -0.4 is 21.1 Å². The lowest BCUT2D eigenvalue weighted by molar-refractivity contribution is -0.118. The zero-order valence-electron chi connectivity index (χ0n) is 10.7. The number of hydrogen-bond acceptors (Lipinski definition) is 4. The maximum absolute atomic E-state index is 11.4. The fourth-order valence-electron chi connectivity index (χ4n) is 2.00. The number of carbonyl (C=O) groups excluding carboxylic acids is 1. The van der Waals surface area contributed by atoms with Crippen LogP contribution in [0.25, 0.3) is 0 Å². The minimum Gasteiger partial charge on any atom is -0.482 e. The van der Waals surface area contributed by atoms with Crippen LogP contribution in [0.15, 0.2) is 34.8 Å². The van der Waals surface area contributed by atoms with Gasteiger partial charge in [-0.2, -0.15) is 0 Å². The van der Waals surface area contributed by atoms with Gasteiger partial charge in [0, 0.05) is 6.07 Å². The van der Waals surface area contributed by atoms with Crippen molar-refractivity contribution >= 4 is 56.2 Å². The number of hydrogen-bond donors (Lipinski definition) is 3. The third kappa shape index (κ3) is 2.77. The van der Waals surface area contributed by atoms with Gasteiger partial charge in [-0.3, -0.25) is 4.79 Å². The Labute approximate surface area is 134 Å². The number of halogens is 2. The van der Waals surface area contributed by atoms with Gasteiger partial charge in [-0.05, 0) is 34.1 Å². The normalized spacial score (nSPS) is 13.1. The maximum atomic E-state index is 11.4. The number of anilines is 4. The number of nitrogens with one attached hydrogen (secondary N) is 2. The highest BCUT2D eigenvalue weighted by atomic mass is 79.9. The summed E-state index contributed by atoms with van der Waals surface area (Å²) in [6.07, 6.45) is 0. The van der Waals surface area contributed by atoms with Crippen molar-refractivity contribution in [1.82, 2.24) is 0 Å². The Morgan fingerprint density at radius 3 is 2.95 bits per heavy atom. The van der Waals surface area contributed by atoms with Crippen molar-refractivity contribution in [3.05, 3.63) is 39.8 Å². The lowest BCUT2D eigenvalue weighted by Gasteiger charge is -2.20. The molecule has 5 nitrogen and oxygen atoms in total. The minimum absolute atomic E-state index is 0.000936. The van der Waals surface area contributed by atoms with E-state index in [1.807, 2.05) is 12.1 Å². The molecule has 1 amide bonds. The van der Waals surface area contributed by atoms with E-state index in [0.29, 0.717) is 27.8 Å². The van der Waals surface area contributed by atoms with Gasteiger partial charge in [0.1, 0.15) is 5.75 Å². The van der Waals surface area contributed by atoms with Gasteiger partial charge >= 0.3 is 0 Å². The third-order valence-electron chi connectivity index (χ3n) is 3.01. The van der Waals surface area contributed by atoms with E-state index in [2.05, 4.69) is 26.6 Å². The number of benzene rings is 2. The van der Waals surface area contributed by atoms with Crippen molar-refractivity contribution < 1.29 is 9.53 Å². The summed E-state index contributed by atoms with van der Waals surface area (Å²) in [5.41, 5.74) is 8.54. The number of fused-ring (bicyclic) bond motifs is 1. The highest BCUT2D eigenvalue weighted by molar-refractivity contribution is 9.10. The molecule has 0 atom stereocenters. The van der Waals surface area contributed by atoms with E-state index in [-0.39, 0.29) is 12.5 Å². The van der Waals surface area contributed by atoms with Gasteiger partial charge in [-0.15, -0.1) is 0 Å². The fraction of sp³-hybridized carbons (Fsp3) is 0.0714. The van der Waals surface area contributed by atoms with Crippen LogP contribution in [0.1, 0.15) is 0 Å². The molecule has 108 valence electrons. The quantitative estimate of drug-likeness (QED) is 0.706. The fourth-order valence-corrected chi connectivity index (χ4v) is 2.53. The summed E-state index contributed by atoms with van der Waals surface area (Å²) in [6.45, 7) is -0.000936. The Kier molecular flexibility index (Phi) is 3.65. The SMILES string of the molecule is Nc1cc2c(cc1Nc1cccc(Cl)c1Br)NC(=O)CO2. The molecule has 0 saturated heterocycles. The molecule has 1 heterocycles. The van der Waals surface area contributed by atoms with Gasteiger partial charge in [0.05, 0.1) is 32.2 Å². The summed E-state index contributed by atoms with van der Waals surface area (Å²) in [5.74, 6) is 0.366. The number of carbonyl (C=O) groups is 1. The summed E-state index contributed by atoms with van der Waals surface area (Å²) < 4.78 is 6.05. The molecular weight excluding hydrogens is 358 g/mol. The largest absolute Gasteiger partial charge is 0.482 e. The van der Waals surface area contributed by atoms with Gasteiger partial charge in [0.25, 0.3) is 5.91 Å². The van der Waals surface area contributed by atoms with Crippen molar-refractivity contribution in [2.75, 3.05) is 23.0 Å². The molecule has 21 heavy (non-hydrogen) atoms. The Morgan fingerprint density at radius 2 is 2.14 bits per heavy atom. The summed E-state index contributed by atoms with van der Waals surface area (Å²) in [7, 11) is 0. The smallest absolute Gasteiger partial charge is 0.262 e. The van der Waals surface area contributed by atoms with E-state index >= 15 is 0 Å². The average Bonchev–Trinajstić information content (AvgIpc) is 2.45. The summed E-state index contributed by atoms with van der Waals surface area (Å²) in [6, 6.07) is 8.88. The van der Waals surface area contributed by atoms with Crippen molar-refractivity contribution in [3.8, 4) is 5.75 Å². The number of ether oxygens (including phenoxy) is 1. The van der Waals surface area contributed by atoms with Crippen LogP contribution in [-0.2, 0) is 4.79 Å². The molecule has 0 unspecified atom stereocenters. The van der Waals surface area contributed by atoms with Gasteiger partial charge in [0.15, 0.2) is 6.61 Å². The number of rotatable bonds is 2. The molecule has 0 bridgehead atoms.